The van der Waals surface area contributed by atoms with Crippen LogP contribution in [0.2, 0.25) is 0 Å². The third-order valence-corrected chi connectivity index (χ3v) is 2.22. The summed E-state index contributed by atoms with van der Waals surface area (Å²) in [6.45, 7) is 3.34. The Labute approximate surface area is 88.0 Å². The average molecular weight is 205 g/mol. The van der Waals surface area contributed by atoms with E-state index in [-0.39, 0.29) is 0 Å². The number of hydrazine groups is 1. The molecule has 1 aromatic carbocycles. The van der Waals surface area contributed by atoms with Gasteiger partial charge in [0.05, 0.1) is 17.7 Å². The average Bonchev–Trinajstić information content (AvgIpc) is 2.57. The largest absolute Gasteiger partial charge is 0.342 e. The molecule has 0 amide bonds. The number of aryl methyl sites for hydroxylation is 1. The summed E-state index contributed by atoms with van der Waals surface area (Å²) in [4.78, 5) is 7.55. The number of nitrogens with two attached hydrogens (primary N) is 1. The van der Waals surface area contributed by atoms with Crippen LogP contribution in [0.4, 0.5) is 0 Å². The number of fused-ring (bicyclic) bond motifs is 1. The molecular weight excluding hydrogens is 190 g/mol. The number of hydrogen-bond donors (Lipinski definition) is 4. The van der Waals surface area contributed by atoms with Gasteiger partial charge in [-0.2, -0.15) is 0 Å². The number of rotatable bonds is 4. The van der Waals surface area contributed by atoms with Crippen LogP contribution in [0.25, 0.3) is 11.0 Å². The Bertz CT molecular complexity index is 448. The quantitative estimate of drug-likeness (QED) is 0.252. The minimum absolute atomic E-state index is 0.597. The Morgan fingerprint density at radius 1 is 1.47 bits per heavy atom. The van der Waals surface area contributed by atoms with E-state index in [9.17, 15) is 0 Å². The highest BCUT2D eigenvalue weighted by Crippen LogP contribution is 2.13. The fourth-order valence-electron chi connectivity index (χ4n) is 1.57. The standard InChI is InChI=1S/C10H15N5/c1-7-14-9-3-2-8(4-10(9)15-7)5-12-6-13-11/h2-4,12-13H,5-6,11H2,1H3,(H,14,15). The molecule has 5 nitrogen and oxygen atoms in total. The van der Waals surface area contributed by atoms with E-state index in [0.717, 1.165) is 23.4 Å². The summed E-state index contributed by atoms with van der Waals surface area (Å²) < 4.78 is 0. The molecule has 2 rings (SSSR count). The number of nitrogens with one attached hydrogen (secondary N) is 3. The monoisotopic (exact) mass is 205 g/mol. The van der Waals surface area contributed by atoms with Gasteiger partial charge in [-0.25, -0.2) is 10.4 Å². The molecule has 15 heavy (non-hydrogen) atoms. The molecule has 2 aromatic rings. The first kappa shape index (κ1) is 10.1. The van der Waals surface area contributed by atoms with Crippen molar-refractivity contribution in [3.05, 3.63) is 29.6 Å². The summed E-state index contributed by atoms with van der Waals surface area (Å²) in [5, 5.41) is 3.15. The number of aromatic amines is 1. The van der Waals surface area contributed by atoms with Gasteiger partial charge in [0.2, 0.25) is 0 Å². The summed E-state index contributed by atoms with van der Waals surface area (Å²) in [7, 11) is 0. The zero-order valence-electron chi connectivity index (χ0n) is 8.67. The smallest absolute Gasteiger partial charge is 0.104 e. The van der Waals surface area contributed by atoms with Gasteiger partial charge in [0.1, 0.15) is 5.82 Å². The lowest BCUT2D eigenvalue weighted by molar-refractivity contribution is 0.601. The second-order valence-electron chi connectivity index (χ2n) is 3.48. The predicted octanol–water partition coefficient (Wildman–Crippen LogP) is 0.382. The highest BCUT2D eigenvalue weighted by atomic mass is 15.3. The first-order valence-electron chi connectivity index (χ1n) is 4.89. The van der Waals surface area contributed by atoms with Gasteiger partial charge in [-0.15, -0.1) is 0 Å². The van der Waals surface area contributed by atoms with Crippen molar-refractivity contribution in [3.63, 3.8) is 0 Å². The van der Waals surface area contributed by atoms with Crippen molar-refractivity contribution in [3.8, 4) is 0 Å². The third-order valence-electron chi connectivity index (χ3n) is 2.22. The second-order valence-corrected chi connectivity index (χ2v) is 3.48. The predicted molar refractivity (Wildman–Crippen MR) is 59.9 cm³/mol. The maximum absolute atomic E-state index is 5.16. The van der Waals surface area contributed by atoms with E-state index in [1.54, 1.807) is 0 Å². The minimum Gasteiger partial charge on any atom is -0.342 e. The molecule has 80 valence electrons. The molecule has 0 aliphatic rings. The van der Waals surface area contributed by atoms with Crippen LogP contribution in [-0.4, -0.2) is 16.6 Å². The van der Waals surface area contributed by atoms with Crippen LogP contribution in [0, 0.1) is 6.92 Å². The van der Waals surface area contributed by atoms with Crippen LogP contribution in [0.15, 0.2) is 18.2 Å². The van der Waals surface area contributed by atoms with Gasteiger partial charge in [0, 0.05) is 6.54 Å². The highest BCUT2D eigenvalue weighted by Gasteiger charge is 2.00. The zero-order valence-corrected chi connectivity index (χ0v) is 8.67. The summed E-state index contributed by atoms with van der Waals surface area (Å²) >= 11 is 0. The van der Waals surface area contributed by atoms with E-state index in [1.165, 1.54) is 5.56 Å². The number of hydrogen-bond acceptors (Lipinski definition) is 4. The molecule has 0 atom stereocenters. The van der Waals surface area contributed by atoms with Crippen molar-refractivity contribution in [2.45, 2.75) is 13.5 Å². The summed E-state index contributed by atoms with van der Waals surface area (Å²) in [6.07, 6.45) is 0. The van der Waals surface area contributed by atoms with Crippen molar-refractivity contribution >= 4 is 11.0 Å². The molecule has 0 saturated heterocycles. The van der Waals surface area contributed by atoms with E-state index in [2.05, 4.69) is 32.8 Å². The Kier molecular flexibility index (Phi) is 2.96. The summed E-state index contributed by atoms with van der Waals surface area (Å²) in [5.41, 5.74) is 5.84. The maximum Gasteiger partial charge on any atom is 0.104 e. The van der Waals surface area contributed by atoms with Crippen molar-refractivity contribution in [1.82, 2.24) is 20.7 Å². The molecule has 0 radical (unpaired) electrons. The number of aromatic nitrogens is 2. The number of imidazole rings is 1. The minimum atomic E-state index is 0.597. The Balaban J connectivity index is 2.15. The molecule has 0 aliphatic heterocycles. The molecule has 5 N–H and O–H groups in total. The molecule has 1 heterocycles. The van der Waals surface area contributed by atoms with Gasteiger partial charge in [-0.05, 0) is 24.6 Å². The topological polar surface area (TPSA) is 78.8 Å². The van der Waals surface area contributed by atoms with E-state index < -0.39 is 0 Å². The second kappa shape index (κ2) is 4.39. The normalized spacial score (nSPS) is 11.1. The van der Waals surface area contributed by atoms with Crippen molar-refractivity contribution in [1.29, 1.82) is 0 Å². The molecule has 1 aromatic heterocycles. The molecular formula is C10H15N5. The summed E-state index contributed by atoms with van der Waals surface area (Å²) in [5.74, 6) is 6.10. The molecule has 5 heteroatoms. The number of H-pyrrole nitrogens is 1. The molecule has 0 spiro atoms. The number of benzene rings is 1. The van der Waals surface area contributed by atoms with Crippen molar-refractivity contribution < 1.29 is 0 Å². The highest BCUT2D eigenvalue weighted by molar-refractivity contribution is 5.75. The first-order chi connectivity index (χ1) is 7.29. The lowest BCUT2D eigenvalue weighted by atomic mass is 10.2. The van der Waals surface area contributed by atoms with Gasteiger partial charge in [-0.3, -0.25) is 11.2 Å². The van der Waals surface area contributed by atoms with E-state index in [0.29, 0.717) is 6.67 Å². The third kappa shape index (κ3) is 2.33. The Morgan fingerprint density at radius 2 is 2.33 bits per heavy atom. The van der Waals surface area contributed by atoms with Crippen molar-refractivity contribution in [2.75, 3.05) is 6.67 Å². The Hall–Kier alpha value is -1.43. The molecule has 0 saturated carbocycles. The van der Waals surface area contributed by atoms with Gasteiger partial charge < -0.3 is 4.98 Å². The van der Waals surface area contributed by atoms with E-state index in [4.69, 9.17) is 5.84 Å². The van der Waals surface area contributed by atoms with Gasteiger partial charge in [-0.1, -0.05) is 6.07 Å². The van der Waals surface area contributed by atoms with Gasteiger partial charge in [0.25, 0.3) is 0 Å². The van der Waals surface area contributed by atoms with Crippen LogP contribution in [0.5, 0.6) is 0 Å². The maximum atomic E-state index is 5.16. The van der Waals surface area contributed by atoms with Crippen LogP contribution < -0.4 is 16.6 Å². The lowest BCUT2D eigenvalue weighted by Crippen LogP contribution is -2.33. The lowest BCUT2D eigenvalue weighted by Gasteiger charge is -2.03. The fourth-order valence-corrected chi connectivity index (χ4v) is 1.57. The molecule has 0 unspecified atom stereocenters. The Morgan fingerprint density at radius 3 is 3.13 bits per heavy atom. The van der Waals surface area contributed by atoms with E-state index >= 15 is 0 Å². The molecule has 0 bridgehead atoms. The van der Waals surface area contributed by atoms with Crippen LogP contribution in [0.3, 0.4) is 0 Å². The zero-order chi connectivity index (χ0) is 10.7. The fraction of sp³-hybridized carbons (Fsp3) is 0.300. The van der Waals surface area contributed by atoms with Gasteiger partial charge in [0.15, 0.2) is 0 Å². The SMILES string of the molecule is Cc1nc2ccc(CNCNN)cc2[nH]1. The van der Waals surface area contributed by atoms with Crippen LogP contribution in [0.1, 0.15) is 11.4 Å². The van der Waals surface area contributed by atoms with Crippen LogP contribution >= 0.6 is 0 Å². The van der Waals surface area contributed by atoms with Crippen LogP contribution in [-0.2, 0) is 6.54 Å². The van der Waals surface area contributed by atoms with Crippen molar-refractivity contribution in [2.24, 2.45) is 5.84 Å². The summed E-state index contributed by atoms with van der Waals surface area (Å²) in [6, 6.07) is 6.18. The number of nitrogens with zero attached hydrogens (tertiary/aromatic N) is 1. The van der Waals surface area contributed by atoms with Gasteiger partial charge >= 0.3 is 0 Å². The molecule has 0 fully saturated rings. The van der Waals surface area contributed by atoms with E-state index in [1.807, 2.05) is 13.0 Å². The molecule has 0 aliphatic carbocycles. The first-order valence-corrected chi connectivity index (χ1v) is 4.89.